The van der Waals surface area contributed by atoms with Crippen molar-refractivity contribution in [2.75, 3.05) is 28.1 Å². The van der Waals surface area contributed by atoms with E-state index in [2.05, 4.69) is 5.32 Å². The fraction of sp³-hybridized carbons (Fsp3) is 0.278. The van der Waals surface area contributed by atoms with Gasteiger partial charge in [0.05, 0.1) is 14.2 Å². The molecule has 0 spiro atoms. The summed E-state index contributed by atoms with van der Waals surface area (Å²) in [5.74, 6) is 1.57. The molecule has 24 heavy (non-hydrogen) atoms. The van der Waals surface area contributed by atoms with Crippen molar-refractivity contribution in [2.24, 2.45) is 0 Å². The van der Waals surface area contributed by atoms with Crippen LogP contribution < -0.4 is 19.5 Å². The van der Waals surface area contributed by atoms with Crippen LogP contribution in [0.3, 0.4) is 0 Å². The number of hydrogen-bond donors (Lipinski definition) is 1. The van der Waals surface area contributed by atoms with Crippen LogP contribution >= 0.6 is 0 Å². The van der Waals surface area contributed by atoms with Crippen LogP contribution in [0.25, 0.3) is 11.1 Å². The van der Waals surface area contributed by atoms with Crippen LogP contribution in [0.5, 0.6) is 17.2 Å². The third-order valence-corrected chi connectivity index (χ3v) is 3.92. The summed E-state index contributed by atoms with van der Waals surface area (Å²) < 4.78 is 21.6. The van der Waals surface area contributed by atoms with Crippen LogP contribution in [-0.4, -0.2) is 34.0 Å². The minimum absolute atomic E-state index is 0.0419. The van der Waals surface area contributed by atoms with Crippen molar-refractivity contribution in [1.82, 2.24) is 5.32 Å². The highest BCUT2D eigenvalue weighted by Gasteiger charge is 2.22. The first-order valence-electron chi connectivity index (χ1n) is 7.47. The number of amides is 1. The van der Waals surface area contributed by atoms with Crippen molar-refractivity contribution in [3.8, 4) is 28.4 Å². The average Bonchev–Trinajstić information content (AvgIpc) is 2.99. The Hall–Kier alpha value is -2.73. The Morgan fingerprint density at radius 1 is 1.00 bits per heavy atom. The fourth-order valence-electron chi connectivity index (χ4n) is 2.79. The number of ether oxygens (including phenoxy) is 4. The fourth-order valence-corrected chi connectivity index (χ4v) is 2.79. The third-order valence-electron chi connectivity index (χ3n) is 3.92. The second kappa shape index (κ2) is 6.80. The molecule has 0 radical (unpaired) electrons. The van der Waals surface area contributed by atoms with Gasteiger partial charge in [-0.1, -0.05) is 6.07 Å². The molecule has 0 unspecified atom stereocenters. The summed E-state index contributed by atoms with van der Waals surface area (Å²) in [4.78, 5) is 11.7. The van der Waals surface area contributed by atoms with Gasteiger partial charge in [0.1, 0.15) is 0 Å². The number of methoxy groups -OCH3 is 3. The number of carbonyl (C=O) groups is 1. The number of benzene rings is 2. The molecule has 6 nitrogen and oxygen atoms in total. The van der Waals surface area contributed by atoms with Gasteiger partial charge < -0.3 is 24.3 Å². The SMILES string of the molecule is COCOc1c(-c2ccc3c(c2)CNC3=O)ccc(OC)c1OC. The van der Waals surface area contributed by atoms with Gasteiger partial charge in [-0.3, -0.25) is 4.79 Å². The van der Waals surface area contributed by atoms with Crippen LogP contribution in [0, 0.1) is 0 Å². The van der Waals surface area contributed by atoms with Crippen LogP contribution in [0.15, 0.2) is 30.3 Å². The van der Waals surface area contributed by atoms with Gasteiger partial charge in [-0.2, -0.15) is 0 Å². The zero-order valence-electron chi connectivity index (χ0n) is 13.8. The lowest BCUT2D eigenvalue weighted by molar-refractivity contribution is 0.0493. The Kier molecular flexibility index (Phi) is 4.57. The normalized spacial score (nSPS) is 12.5. The van der Waals surface area contributed by atoms with E-state index in [-0.39, 0.29) is 12.7 Å². The number of fused-ring (bicyclic) bond motifs is 1. The Morgan fingerprint density at radius 2 is 1.79 bits per heavy atom. The van der Waals surface area contributed by atoms with E-state index in [4.69, 9.17) is 18.9 Å². The zero-order chi connectivity index (χ0) is 17.1. The predicted octanol–water partition coefficient (Wildman–Crippen LogP) is 2.60. The molecule has 0 aromatic heterocycles. The van der Waals surface area contributed by atoms with Gasteiger partial charge >= 0.3 is 0 Å². The van der Waals surface area contributed by atoms with E-state index in [1.165, 1.54) is 0 Å². The van der Waals surface area contributed by atoms with Crippen molar-refractivity contribution < 1.29 is 23.7 Å². The van der Waals surface area contributed by atoms with Crippen molar-refractivity contribution in [3.63, 3.8) is 0 Å². The predicted molar refractivity (Wildman–Crippen MR) is 88.7 cm³/mol. The molecule has 1 N–H and O–H groups in total. The number of hydrogen-bond acceptors (Lipinski definition) is 5. The summed E-state index contributed by atoms with van der Waals surface area (Å²) in [5.41, 5.74) is 3.44. The van der Waals surface area contributed by atoms with Crippen LogP contribution in [0.4, 0.5) is 0 Å². The quantitative estimate of drug-likeness (QED) is 0.825. The molecule has 6 heteroatoms. The maximum Gasteiger partial charge on any atom is 0.251 e. The second-order valence-corrected chi connectivity index (χ2v) is 5.28. The number of nitrogens with one attached hydrogen (secondary N) is 1. The highest BCUT2D eigenvalue weighted by molar-refractivity contribution is 5.99. The molecule has 1 amide bonds. The minimum Gasteiger partial charge on any atom is -0.493 e. The summed E-state index contributed by atoms with van der Waals surface area (Å²) in [6, 6.07) is 9.42. The average molecular weight is 329 g/mol. The van der Waals surface area contributed by atoms with E-state index in [0.717, 1.165) is 16.7 Å². The highest BCUT2D eigenvalue weighted by atomic mass is 16.7. The van der Waals surface area contributed by atoms with Crippen molar-refractivity contribution in [3.05, 3.63) is 41.5 Å². The molecule has 0 atom stereocenters. The molecule has 126 valence electrons. The monoisotopic (exact) mass is 329 g/mol. The van der Waals surface area contributed by atoms with Crippen LogP contribution in [0.1, 0.15) is 15.9 Å². The molecule has 1 heterocycles. The van der Waals surface area contributed by atoms with E-state index in [1.54, 1.807) is 21.3 Å². The molecule has 2 aromatic carbocycles. The standard InChI is InChI=1S/C18H19NO5/c1-21-10-24-16-13(6-7-15(22-2)17(16)23-3)11-4-5-14-12(8-11)9-19-18(14)20/h4-8H,9-10H2,1-3H3,(H,19,20). The van der Waals surface area contributed by atoms with Gasteiger partial charge in [-0.25, -0.2) is 0 Å². The molecule has 3 rings (SSSR count). The highest BCUT2D eigenvalue weighted by Crippen LogP contribution is 2.44. The molecule has 0 saturated carbocycles. The molecule has 2 aromatic rings. The van der Waals surface area contributed by atoms with Gasteiger partial charge in [-0.05, 0) is 35.4 Å². The van der Waals surface area contributed by atoms with Gasteiger partial charge in [0.2, 0.25) is 5.75 Å². The molecule has 0 bridgehead atoms. The van der Waals surface area contributed by atoms with E-state index in [0.29, 0.717) is 29.4 Å². The Bertz CT molecular complexity index is 772. The zero-order valence-corrected chi connectivity index (χ0v) is 13.8. The smallest absolute Gasteiger partial charge is 0.251 e. The maximum absolute atomic E-state index is 11.7. The van der Waals surface area contributed by atoms with E-state index in [9.17, 15) is 4.79 Å². The first-order chi connectivity index (χ1) is 11.7. The van der Waals surface area contributed by atoms with Gasteiger partial charge in [0.25, 0.3) is 5.91 Å². The Balaban J connectivity index is 2.11. The minimum atomic E-state index is -0.0419. The maximum atomic E-state index is 11.7. The Labute approximate surface area is 140 Å². The molecular formula is C18H19NO5. The summed E-state index contributed by atoms with van der Waals surface area (Å²) in [6.45, 7) is 0.616. The van der Waals surface area contributed by atoms with Gasteiger partial charge in [-0.15, -0.1) is 0 Å². The lowest BCUT2D eigenvalue weighted by Crippen LogP contribution is -2.12. The first kappa shape index (κ1) is 16.1. The summed E-state index contributed by atoms with van der Waals surface area (Å²) in [5, 5.41) is 2.82. The molecule has 1 aliphatic heterocycles. The van der Waals surface area contributed by atoms with Gasteiger partial charge in [0, 0.05) is 24.8 Å². The molecule has 0 saturated heterocycles. The lowest BCUT2D eigenvalue weighted by Gasteiger charge is -2.17. The molecule has 0 aliphatic carbocycles. The molecule has 0 fully saturated rings. The van der Waals surface area contributed by atoms with Crippen molar-refractivity contribution in [2.45, 2.75) is 6.54 Å². The molecule has 1 aliphatic rings. The largest absolute Gasteiger partial charge is 0.493 e. The lowest BCUT2D eigenvalue weighted by atomic mass is 9.99. The summed E-state index contributed by atoms with van der Waals surface area (Å²) in [6.07, 6.45) is 0. The van der Waals surface area contributed by atoms with Crippen LogP contribution in [0.2, 0.25) is 0 Å². The third kappa shape index (κ3) is 2.76. The molecular weight excluding hydrogens is 310 g/mol. The van der Waals surface area contributed by atoms with Crippen LogP contribution in [-0.2, 0) is 11.3 Å². The topological polar surface area (TPSA) is 66.0 Å². The van der Waals surface area contributed by atoms with E-state index >= 15 is 0 Å². The number of rotatable bonds is 6. The van der Waals surface area contributed by atoms with Crippen molar-refractivity contribution >= 4 is 5.91 Å². The summed E-state index contributed by atoms with van der Waals surface area (Å²) in [7, 11) is 4.69. The van der Waals surface area contributed by atoms with Crippen molar-refractivity contribution in [1.29, 1.82) is 0 Å². The van der Waals surface area contributed by atoms with E-state index < -0.39 is 0 Å². The summed E-state index contributed by atoms with van der Waals surface area (Å²) >= 11 is 0. The van der Waals surface area contributed by atoms with E-state index in [1.807, 2.05) is 30.3 Å². The Morgan fingerprint density at radius 3 is 2.50 bits per heavy atom. The number of carbonyl (C=O) groups excluding carboxylic acids is 1. The van der Waals surface area contributed by atoms with Gasteiger partial charge in [0.15, 0.2) is 18.3 Å². The first-order valence-corrected chi connectivity index (χ1v) is 7.47. The second-order valence-electron chi connectivity index (χ2n) is 5.28.